The van der Waals surface area contributed by atoms with Crippen LogP contribution in [-0.4, -0.2) is 4.57 Å². The minimum absolute atomic E-state index is 0.803. The molecule has 1 heterocycles. The van der Waals surface area contributed by atoms with E-state index in [0.29, 0.717) is 0 Å². The topological polar surface area (TPSA) is 4.93 Å². The first kappa shape index (κ1) is 9.52. The fourth-order valence-electron chi connectivity index (χ4n) is 3.47. The van der Waals surface area contributed by atoms with Gasteiger partial charge in [0.1, 0.15) is 0 Å². The second-order valence-corrected chi connectivity index (χ2v) is 5.41. The number of benzene rings is 1. The third-order valence-electron chi connectivity index (χ3n) is 4.60. The molecule has 0 N–H and O–H groups in total. The van der Waals surface area contributed by atoms with Crippen molar-refractivity contribution in [3.63, 3.8) is 0 Å². The number of hydrogen-bond acceptors (Lipinski definition) is 0. The number of rotatable bonds is 1. The molecule has 3 atom stereocenters. The monoisotopic (exact) mass is 223 g/mol. The molecule has 4 rings (SSSR count). The van der Waals surface area contributed by atoms with E-state index in [1.54, 1.807) is 0 Å². The molecule has 0 spiro atoms. The van der Waals surface area contributed by atoms with Crippen LogP contribution in [0.3, 0.4) is 0 Å². The van der Waals surface area contributed by atoms with E-state index in [1.807, 2.05) is 0 Å². The first-order chi connectivity index (χ1) is 8.31. The molecule has 2 aliphatic rings. The first-order valence-corrected chi connectivity index (χ1v) is 6.62. The van der Waals surface area contributed by atoms with E-state index in [2.05, 4.69) is 54.8 Å². The van der Waals surface area contributed by atoms with Crippen LogP contribution in [0.2, 0.25) is 0 Å². The molecule has 1 aromatic heterocycles. The van der Waals surface area contributed by atoms with Crippen LogP contribution in [0.4, 0.5) is 0 Å². The molecule has 86 valence electrons. The van der Waals surface area contributed by atoms with Crippen molar-refractivity contribution in [3.05, 3.63) is 34.8 Å². The molecule has 1 fully saturated rings. The van der Waals surface area contributed by atoms with Crippen molar-refractivity contribution < 1.29 is 0 Å². The van der Waals surface area contributed by atoms with Crippen LogP contribution in [0.5, 0.6) is 0 Å². The Labute approximate surface area is 101 Å². The molecule has 1 heteroatoms. The molecule has 2 aromatic rings. The highest BCUT2D eigenvalue weighted by Crippen LogP contribution is 2.49. The summed E-state index contributed by atoms with van der Waals surface area (Å²) in [5.74, 6) is 2.46. The molecular weight excluding hydrogens is 206 g/mol. The average Bonchev–Trinajstić information content (AvgIpc) is 2.88. The Morgan fingerprint density at radius 1 is 1.12 bits per heavy atom. The lowest BCUT2D eigenvalue weighted by Crippen LogP contribution is -2.31. The summed E-state index contributed by atoms with van der Waals surface area (Å²) in [6.07, 6.45) is 5.02. The maximum absolute atomic E-state index is 2.51. The number of hydrogen-bond donors (Lipinski definition) is 0. The van der Waals surface area contributed by atoms with Crippen LogP contribution in [0.1, 0.15) is 13.8 Å². The van der Waals surface area contributed by atoms with E-state index in [4.69, 9.17) is 0 Å². The summed E-state index contributed by atoms with van der Waals surface area (Å²) < 4.78 is 2.46. The predicted molar refractivity (Wildman–Crippen MR) is 71.9 cm³/mol. The van der Waals surface area contributed by atoms with Crippen molar-refractivity contribution >= 4 is 23.1 Å². The van der Waals surface area contributed by atoms with Crippen LogP contribution in [0.15, 0.2) is 24.3 Å². The number of para-hydroxylation sites is 1. The zero-order valence-corrected chi connectivity index (χ0v) is 10.4. The standard InChI is InChI=1S/C16H17N/c1-3-17-15-7-5-4-6-11(15)14-8-12-10(2)13(12)9-16(14)17/h4-10,12-13H,3H2,1-2H3. The summed E-state index contributed by atoms with van der Waals surface area (Å²) in [5.41, 5.74) is 1.39. The van der Waals surface area contributed by atoms with Crippen molar-refractivity contribution in [2.24, 2.45) is 17.8 Å². The highest BCUT2D eigenvalue weighted by molar-refractivity contribution is 5.83. The maximum Gasteiger partial charge on any atom is 0.0491 e. The van der Waals surface area contributed by atoms with Crippen molar-refractivity contribution in [1.29, 1.82) is 0 Å². The highest BCUT2D eigenvalue weighted by atomic mass is 15.0. The van der Waals surface area contributed by atoms with Gasteiger partial charge in [0.05, 0.1) is 0 Å². The van der Waals surface area contributed by atoms with Crippen LogP contribution in [0.25, 0.3) is 23.1 Å². The van der Waals surface area contributed by atoms with Crippen molar-refractivity contribution in [2.75, 3.05) is 0 Å². The zero-order chi connectivity index (χ0) is 11.6. The molecule has 17 heavy (non-hydrogen) atoms. The molecule has 2 aliphatic carbocycles. The van der Waals surface area contributed by atoms with Gasteiger partial charge >= 0.3 is 0 Å². The summed E-state index contributed by atoms with van der Waals surface area (Å²) in [6, 6.07) is 8.80. The van der Waals surface area contributed by atoms with Crippen molar-refractivity contribution in [3.8, 4) is 0 Å². The van der Waals surface area contributed by atoms with Crippen molar-refractivity contribution in [1.82, 2.24) is 4.57 Å². The van der Waals surface area contributed by atoms with Gasteiger partial charge in [-0.2, -0.15) is 0 Å². The van der Waals surface area contributed by atoms with Crippen LogP contribution < -0.4 is 10.6 Å². The maximum atomic E-state index is 2.51. The largest absolute Gasteiger partial charge is 0.341 e. The van der Waals surface area contributed by atoms with Gasteiger partial charge in [0.25, 0.3) is 0 Å². The number of nitrogens with zero attached hydrogens (tertiary/aromatic N) is 1. The molecule has 0 bridgehead atoms. The van der Waals surface area contributed by atoms with Gasteiger partial charge in [0.15, 0.2) is 0 Å². The van der Waals surface area contributed by atoms with Crippen molar-refractivity contribution in [2.45, 2.75) is 20.4 Å². The third kappa shape index (κ3) is 1.09. The van der Waals surface area contributed by atoms with Gasteiger partial charge in [-0.1, -0.05) is 37.3 Å². The first-order valence-electron chi connectivity index (χ1n) is 6.62. The summed E-state index contributed by atoms with van der Waals surface area (Å²) in [7, 11) is 0. The summed E-state index contributed by atoms with van der Waals surface area (Å²) in [6.45, 7) is 5.67. The molecule has 1 saturated carbocycles. The van der Waals surface area contributed by atoms with Gasteiger partial charge in [-0.25, -0.2) is 0 Å². The Hall–Kier alpha value is -1.50. The molecule has 0 saturated heterocycles. The van der Waals surface area contributed by atoms with Gasteiger partial charge in [0.2, 0.25) is 0 Å². The Kier molecular flexibility index (Phi) is 1.70. The molecule has 0 radical (unpaired) electrons. The summed E-state index contributed by atoms with van der Waals surface area (Å²) in [4.78, 5) is 0. The molecule has 0 aliphatic heterocycles. The smallest absolute Gasteiger partial charge is 0.0491 e. The van der Waals surface area contributed by atoms with E-state index in [1.165, 1.54) is 21.5 Å². The normalized spacial score (nSPS) is 29.2. The van der Waals surface area contributed by atoms with E-state index >= 15 is 0 Å². The molecular formula is C16H17N. The average molecular weight is 223 g/mol. The quantitative estimate of drug-likeness (QED) is 0.698. The van der Waals surface area contributed by atoms with E-state index < -0.39 is 0 Å². The second-order valence-electron chi connectivity index (χ2n) is 5.41. The fourth-order valence-corrected chi connectivity index (χ4v) is 3.47. The Bertz CT molecular complexity index is 720. The lowest BCUT2D eigenvalue weighted by atomic mass is 10.1. The summed E-state index contributed by atoms with van der Waals surface area (Å²) >= 11 is 0. The SMILES string of the molecule is CCn1c2c(c3ccccc31)=CC1C(C)C1C=2. The Morgan fingerprint density at radius 2 is 1.88 bits per heavy atom. The molecule has 0 amide bonds. The van der Waals surface area contributed by atoms with Crippen LogP contribution in [-0.2, 0) is 6.54 Å². The minimum atomic E-state index is 0.803. The molecule has 1 nitrogen and oxygen atoms in total. The van der Waals surface area contributed by atoms with Gasteiger partial charge in [0, 0.05) is 28.0 Å². The third-order valence-corrected chi connectivity index (χ3v) is 4.60. The Morgan fingerprint density at radius 3 is 2.71 bits per heavy atom. The van der Waals surface area contributed by atoms with Gasteiger partial charge in [-0.15, -0.1) is 0 Å². The van der Waals surface area contributed by atoms with E-state index in [0.717, 1.165) is 24.3 Å². The molecule has 1 aromatic carbocycles. The van der Waals surface area contributed by atoms with Crippen LogP contribution in [0, 0.1) is 17.8 Å². The van der Waals surface area contributed by atoms with Gasteiger partial charge in [-0.3, -0.25) is 0 Å². The highest BCUT2D eigenvalue weighted by Gasteiger charge is 2.44. The second kappa shape index (κ2) is 3.04. The van der Waals surface area contributed by atoms with Gasteiger partial charge in [-0.05, 0) is 30.7 Å². The van der Waals surface area contributed by atoms with Gasteiger partial charge < -0.3 is 4.57 Å². The van der Waals surface area contributed by atoms with E-state index in [9.17, 15) is 0 Å². The lowest BCUT2D eigenvalue weighted by molar-refractivity contribution is 0.764. The predicted octanol–water partition coefficient (Wildman–Crippen LogP) is 2.12. The Balaban J connectivity index is 2.19. The number of aryl methyl sites for hydroxylation is 1. The molecule has 3 unspecified atom stereocenters. The minimum Gasteiger partial charge on any atom is -0.341 e. The number of fused-ring (bicyclic) bond motifs is 4. The van der Waals surface area contributed by atoms with Crippen LogP contribution >= 0.6 is 0 Å². The number of aromatic nitrogens is 1. The van der Waals surface area contributed by atoms with E-state index in [-0.39, 0.29) is 0 Å². The zero-order valence-electron chi connectivity index (χ0n) is 10.4. The lowest BCUT2D eigenvalue weighted by Gasteiger charge is -2.02. The summed E-state index contributed by atoms with van der Waals surface area (Å²) in [5, 5.41) is 4.37. The fraction of sp³-hybridized carbons (Fsp3) is 0.375.